The third kappa shape index (κ3) is 3.94. The van der Waals surface area contributed by atoms with Crippen molar-refractivity contribution in [3.8, 4) is 11.1 Å². The second-order valence-electron chi connectivity index (χ2n) is 9.77. The molecule has 5 aromatic rings. The molecule has 0 saturated carbocycles. The van der Waals surface area contributed by atoms with E-state index in [4.69, 9.17) is 0 Å². The first kappa shape index (κ1) is 22.5. The molecular weight excluding hydrogens is 407 g/mol. The Balaban J connectivity index is 1.77. The average Bonchev–Trinajstić information content (AvgIpc) is 2.85. The van der Waals surface area contributed by atoms with Crippen LogP contribution in [0.1, 0.15) is 48.4 Å². The van der Waals surface area contributed by atoms with Gasteiger partial charge in [-0.2, -0.15) is 0 Å². The SMILES string of the molecule is CCC(C)c1ccc(-c2c3ccccc3c([B]c3c(C)cc(C)cc3C)c3ccccc23)cc1. The number of fused-ring (bicyclic) bond motifs is 2. The van der Waals surface area contributed by atoms with Crippen LogP contribution in [0.15, 0.2) is 84.9 Å². The highest BCUT2D eigenvalue weighted by Gasteiger charge is 2.17. The van der Waals surface area contributed by atoms with E-state index in [9.17, 15) is 0 Å². The maximum atomic E-state index is 2.41. The minimum atomic E-state index is 0.584. The third-order valence-corrected chi connectivity index (χ3v) is 7.38. The summed E-state index contributed by atoms with van der Waals surface area (Å²) in [7, 11) is 2.41. The van der Waals surface area contributed by atoms with Crippen LogP contribution in [0, 0.1) is 20.8 Å². The van der Waals surface area contributed by atoms with Crippen LogP contribution in [0.2, 0.25) is 0 Å². The van der Waals surface area contributed by atoms with Crippen LogP contribution in [-0.4, -0.2) is 7.28 Å². The van der Waals surface area contributed by atoms with Crippen LogP contribution in [0.5, 0.6) is 0 Å². The second-order valence-corrected chi connectivity index (χ2v) is 9.77. The Labute approximate surface area is 204 Å². The van der Waals surface area contributed by atoms with Gasteiger partial charge in [0.15, 0.2) is 7.28 Å². The van der Waals surface area contributed by atoms with Gasteiger partial charge < -0.3 is 0 Å². The Kier molecular flexibility index (Phi) is 6.04. The van der Waals surface area contributed by atoms with Gasteiger partial charge in [-0.15, -0.1) is 0 Å². The molecule has 0 bridgehead atoms. The molecule has 0 aliphatic heterocycles. The molecule has 0 aromatic heterocycles. The number of hydrogen-bond acceptors (Lipinski definition) is 0. The molecule has 0 nitrogen and oxygen atoms in total. The van der Waals surface area contributed by atoms with Crippen molar-refractivity contribution in [2.24, 2.45) is 0 Å². The maximum Gasteiger partial charge on any atom is 0.193 e. The van der Waals surface area contributed by atoms with Gasteiger partial charge in [0.05, 0.1) is 0 Å². The maximum absolute atomic E-state index is 2.41. The van der Waals surface area contributed by atoms with Gasteiger partial charge in [0, 0.05) is 0 Å². The van der Waals surface area contributed by atoms with Gasteiger partial charge in [-0.05, 0) is 71.3 Å². The van der Waals surface area contributed by atoms with Crippen LogP contribution in [0.4, 0.5) is 0 Å². The largest absolute Gasteiger partial charge is 0.193 e. The Bertz CT molecular complexity index is 1410. The first-order valence-corrected chi connectivity index (χ1v) is 12.4. The van der Waals surface area contributed by atoms with Gasteiger partial charge >= 0.3 is 0 Å². The molecule has 0 aliphatic carbocycles. The molecule has 167 valence electrons. The van der Waals surface area contributed by atoms with Crippen LogP contribution >= 0.6 is 0 Å². The quantitative estimate of drug-likeness (QED) is 0.194. The molecule has 0 amide bonds. The minimum absolute atomic E-state index is 0.584. The molecule has 1 radical (unpaired) electrons. The van der Waals surface area contributed by atoms with Crippen LogP contribution in [-0.2, 0) is 0 Å². The van der Waals surface area contributed by atoms with Gasteiger partial charge in [-0.1, -0.05) is 126 Å². The highest BCUT2D eigenvalue weighted by Crippen LogP contribution is 2.36. The molecule has 0 N–H and O–H groups in total. The zero-order valence-corrected chi connectivity index (χ0v) is 20.9. The van der Waals surface area contributed by atoms with Crippen molar-refractivity contribution in [1.82, 2.24) is 0 Å². The molecule has 1 unspecified atom stereocenters. The summed E-state index contributed by atoms with van der Waals surface area (Å²) in [6, 6.07) is 31.6. The fraction of sp³-hybridized carbons (Fsp3) is 0.212. The fourth-order valence-corrected chi connectivity index (χ4v) is 5.41. The molecule has 0 spiro atoms. The highest BCUT2D eigenvalue weighted by atomic mass is 14.2. The second kappa shape index (κ2) is 9.14. The molecule has 1 heteroatoms. The standard InChI is InChI=1S/C33H32B/c1-6-22(3)25-15-17-26(18-16-25)31-27-11-7-9-13-29(27)33(30-14-10-8-12-28(30)31)34-32-23(4)19-21(2)20-24(32)5/h7-20,22H,6H2,1-5H3. The van der Waals surface area contributed by atoms with E-state index < -0.39 is 0 Å². The van der Waals surface area contributed by atoms with Crippen molar-refractivity contribution in [2.75, 3.05) is 0 Å². The molecule has 34 heavy (non-hydrogen) atoms. The summed E-state index contributed by atoms with van der Waals surface area (Å²) >= 11 is 0. The molecule has 0 heterocycles. The van der Waals surface area contributed by atoms with E-state index >= 15 is 0 Å². The summed E-state index contributed by atoms with van der Waals surface area (Å²) in [5.74, 6) is 0.584. The molecule has 0 saturated heterocycles. The van der Waals surface area contributed by atoms with Gasteiger partial charge in [0.2, 0.25) is 0 Å². The molecule has 1 atom stereocenters. The first-order valence-electron chi connectivity index (χ1n) is 12.4. The molecule has 5 aromatic carbocycles. The molecule has 0 fully saturated rings. The number of rotatable bonds is 5. The van der Waals surface area contributed by atoms with Gasteiger partial charge in [-0.3, -0.25) is 0 Å². The van der Waals surface area contributed by atoms with Crippen LogP contribution < -0.4 is 10.9 Å². The highest BCUT2D eigenvalue weighted by molar-refractivity contribution is 6.73. The third-order valence-electron chi connectivity index (χ3n) is 7.38. The van der Waals surface area contributed by atoms with E-state index in [1.165, 1.54) is 65.9 Å². The number of aryl methyl sites for hydroxylation is 3. The predicted octanol–water partition coefficient (Wildman–Crippen LogP) is 7.75. The molecular formula is C33H32B. The Morgan fingerprint density at radius 2 is 1.15 bits per heavy atom. The number of hydrogen-bond donors (Lipinski definition) is 0. The lowest BCUT2D eigenvalue weighted by molar-refractivity contribution is 0.734. The lowest BCUT2D eigenvalue weighted by Gasteiger charge is -2.19. The summed E-state index contributed by atoms with van der Waals surface area (Å²) in [6.07, 6.45) is 1.16. The van der Waals surface area contributed by atoms with E-state index in [0.29, 0.717) is 5.92 Å². The predicted molar refractivity (Wildman–Crippen MR) is 151 cm³/mol. The summed E-state index contributed by atoms with van der Waals surface area (Å²) < 4.78 is 0. The Morgan fingerprint density at radius 3 is 1.65 bits per heavy atom. The van der Waals surface area contributed by atoms with E-state index in [0.717, 1.165) is 6.42 Å². The van der Waals surface area contributed by atoms with Crippen LogP contribution in [0.25, 0.3) is 32.7 Å². The van der Waals surface area contributed by atoms with E-state index in [1.54, 1.807) is 0 Å². The fourth-order valence-electron chi connectivity index (χ4n) is 5.41. The number of benzene rings is 5. The van der Waals surface area contributed by atoms with E-state index in [2.05, 4.69) is 127 Å². The Hall–Kier alpha value is -3.32. The van der Waals surface area contributed by atoms with E-state index in [1.807, 2.05) is 0 Å². The summed E-state index contributed by atoms with van der Waals surface area (Å²) in [5.41, 5.74) is 10.6. The normalized spacial score (nSPS) is 12.3. The topological polar surface area (TPSA) is 0 Å². The van der Waals surface area contributed by atoms with E-state index in [-0.39, 0.29) is 0 Å². The molecule has 5 rings (SSSR count). The van der Waals surface area contributed by atoms with Gasteiger partial charge in [0.1, 0.15) is 0 Å². The lowest BCUT2D eigenvalue weighted by atomic mass is 9.58. The monoisotopic (exact) mass is 439 g/mol. The first-order chi connectivity index (χ1) is 16.5. The zero-order chi connectivity index (χ0) is 23.8. The van der Waals surface area contributed by atoms with Crippen LogP contribution in [0.3, 0.4) is 0 Å². The molecule has 0 aliphatic rings. The van der Waals surface area contributed by atoms with Crippen molar-refractivity contribution < 1.29 is 0 Å². The average molecular weight is 439 g/mol. The van der Waals surface area contributed by atoms with Crippen molar-refractivity contribution in [1.29, 1.82) is 0 Å². The van der Waals surface area contributed by atoms with Gasteiger partial charge in [-0.25, -0.2) is 0 Å². The summed E-state index contributed by atoms with van der Waals surface area (Å²) in [5, 5.41) is 5.24. The minimum Gasteiger partial charge on any atom is -0.0756 e. The lowest BCUT2D eigenvalue weighted by Crippen LogP contribution is -2.32. The van der Waals surface area contributed by atoms with Crippen molar-refractivity contribution in [2.45, 2.75) is 47.0 Å². The zero-order valence-electron chi connectivity index (χ0n) is 20.9. The van der Waals surface area contributed by atoms with Crippen molar-refractivity contribution in [3.63, 3.8) is 0 Å². The summed E-state index contributed by atoms with van der Waals surface area (Å²) in [4.78, 5) is 0. The Morgan fingerprint density at radius 1 is 0.647 bits per heavy atom. The van der Waals surface area contributed by atoms with Gasteiger partial charge in [0.25, 0.3) is 0 Å². The van der Waals surface area contributed by atoms with Crippen molar-refractivity contribution >= 4 is 39.8 Å². The summed E-state index contributed by atoms with van der Waals surface area (Å²) in [6.45, 7) is 11.2. The van der Waals surface area contributed by atoms with Crippen molar-refractivity contribution in [3.05, 3.63) is 107 Å². The smallest absolute Gasteiger partial charge is 0.0756 e.